The van der Waals surface area contributed by atoms with Crippen molar-refractivity contribution in [3.05, 3.63) is 15.7 Å². The van der Waals surface area contributed by atoms with Crippen LogP contribution in [0, 0.1) is 3.57 Å². The fraction of sp³-hybridized carbons (Fsp3) is 0. The first-order chi connectivity index (χ1) is 13.9. The molecule has 3 aromatic carbocycles. The second-order valence-corrected chi connectivity index (χ2v) is 7.89. The molecule has 0 atom stereocenters. The van der Waals surface area contributed by atoms with Crippen LogP contribution in [0.5, 0.6) is 0 Å². The van der Waals surface area contributed by atoms with Gasteiger partial charge in [-0.25, -0.2) is 0 Å². The molecule has 3 rings (SSSR count). The summed E-state index contributed by atoms with van der Waals surface area (Å²) in [5.41, 5.74) is 71.0. The average Bonchev–Trinajstić information content (AvgIpc) is 2.70. The number of hydrogen-bond donors (Lipinski definition) is 11. The number of nitrogens with two attached hydrogens (primary N) is 11. The molecular formula is C18H24IN11. The summed E-state index contributed by atoms with van der Waals surface area (Å²) in [6.45, 7) is 0. The highest BCUT2D eigenvalue weighted by Gasteiger charge is 2.25. The fourth-order valence-electron chi connectivity index (χ4n) is 3.23. The maximum Gasteiger partial charge on any atom is 0.0809 e. The van der Waals surface area contributed by atoms with Crippen LogP contribution in [0.15, 0.2) is 12.1 Å². The van der Waals surface area contributed by atoms with E-state index < -0.39 is 0 Å². The Morgan fingerprint density at radius 1 is 0.400 bits per heavy atom. The molecule has 30 heavy (non-hydrogen) atoms. The van der Waals surface area contributed by atoms with E-state index in [1.807, 2.05) is 0 Å². The van der Waals surface area contributed by atoms with Gasteiger partial charge in [0.15, 0.2) is 0 Å². The van der Waals surface area contributed by atoms with Crippen LogP contribution in [0.4, 0.5) is 62.6 Å². The summed E-state index contributed by atoms with van der Waals surface area (Å²) in [5, 5.41) is 0. The Bertz CT molecular complexity index is 1130. The predicted octanol–water partition coefficient (Wildman–Crippen LogP) is 1.03. The standard InChI is InChI=1S/C18H24IN11/c19-9-7(3-1-5(20)12(24)16(28)10(3)22)14(26)18(30)15(27)8(9)4-2-6(21)13(25)17(29)11(4)23/h1-2H,20-30H2. The molecule has 0 aliphatic carbocycles. The van der Waals surface area contributed by atoms with Crippen molar-refractivity contribution < 1.29 is 0 Å². The lowest BCUT2D eigenvalue weighted by atomic mass is 9.91. The summed E-state index contributed by atoms with van der Waals surface area (Å²) in [7, 11) is 0. The smallest absolute Gasteiger partial charge is 0.0809 e. The van der Waals surface area contributed by atoms with Crippen LogP contribution in [0.25, 0.3) is 22.3 Å². The van der Waals surface area contributed by atoms with E-state index in [9.17, 15) is 0 Å². The molecule has 0 spiro atoms. The molecule has 158 valence electrons. The highest BCUT2D eigenvalue weighted by molar-refractivity contribution is 14.1. The number of benzene rings is 3. The summed E-state index contributed by atoms with van der Waals surface area (Å²) in [6.07, 6.45) is 0. The lowest BCUT2D eigenvalue weighted by molar-refractivity contribution is 1.53. The third kappa shape index (κ3) is 2.80. The van der Waals surface area contributed by atoms with Gasteiger partial charge in [-0.1, -0.05) is 0 Å². The van der Waals surface area contributed by atoms with Gasteiger partial charge in [-0.3, -0.25) is 0 Å². The molecule has 22 N–H and O–H groups in total. The van der Waals surface area contributed by atoms with Crippen LogP contribution in [0.3, 0.4) is 0 Å². The van der Waals surface area contributed by atoms with E-state index in [4.69, 9.17) is 63.1 Å². The second kappa shape index (κ2) is 6.91. The third-order valence-electron chi connectivity index (χ3n) is 5.06. The molecule has 0 aliphatic heterocycles. The first-order valence-electron chi connectivity index (χ1n) is 8.52. The molecule has 0 amide bonds. The second-order valence-electron chi connectivity index (χ2n) is 6.81. The quantitative estimate of drug-likeness (QED) is 0.167. The van der Waals surface area contributed by atoms with E-state index in [1.165, 1.54) is 0 Å². The Balaban J connectivity index is 2.49. The van der Waals surface area contributed by atoms with Gasteiger partial charge in [0, 0.05) is 25.8 Å². The fourth-order valence-corrected chi connectivity index (χ4v) is 4.39. The molecule has 11 nitrogen and oxygen atoms in total. The number of halogens is 1. The third-order valence-corrected chi connectivity index (χ3v) is 6.14. The van der Waals surface area contributed by atoms with Gasteiger partial charge in [0.25, 0.3) is 0 Å². The van der Waals surface area contributed by atoms with Crippen LogP contribution in [-0.2, 0) is 0 Å². The van der Waals surface area contributed by atoms with E-state index in [-0.39, 0.29) is 62.6 Å². The molecule has 0 heterocycles. The average molecular weight is 521 g/mol. The Kier molecular flexibility index (Phi) is 4.82. The minimum atomic E-state index is 0.127. The molecule has 0 aromatic heterocycles. The number of anilines is 11. The van der Waals surface area contributed by atoms with Gasteiger partial charge in [-0.15, -0.1) is 0 Å². The van der Waals surface area contributed by atoms with Crippen molar-refractivity contribution in [2.45, 2.75) is 0 Å². The molecule has 0 aliphatic rings. The maximum absolute atomic E-state index is 6.31. The normalized spacial score (nSPS) is 11.0. The van der Waals surface area contributed by atoms with Crippen molar-refractivity contribution >= 4 is 85.2 Å². The maximum atomic E-state index is 6.31. The number of hydrogen-bond acceptors (Lipinski definition) is 11. The highest BCUT2D eigenvalue weighted by atomic mass is 127. The molecular weight excluding hydrogens is 497 g/mol. The molecule has 0 fully saturated rings. The van der Waals surface area contributed by atoms with Gasteiger partial charge in [0.1, 0.15) is 0 Å². The van der Waals surface area contributed by atoms with Crippen LogP contribution in [-0.4, -0.2) is 0 Å². The summed E-state index contributed by atoms with van der Waals surface area (Å²) in [4.78, 5) is 0. The van der Waals surface area contributed by atoms with Crippen molar-refractivity contribution in [2.24, 2.45) is 0 Å². The van der Waals surface area contributed by atoms with Crippen LogP contribution in [0.2, 0.25) is 0 Å². The zero-order valence-electron chi connectivity index (χ0n) is 15.9. The SMILES string of the molecule is Nc1cc(-c2c(N)c(N)c(N)c(-c3cc(N)c(N)c(N)c3N)c2I)c(N)c(N)c1N. The van der Waals surface area contributed by atoms with Gasteiger partial charge in [-0.2, -0.15) is 0 Å². The van der Waals surface area contributed by atoms with E-state index >= 15 is 0 Å². The zero-order valence-corrected chi connectivity index (χ0v) is 18.0. The summed E-state index contributed by atoms with van der Waals surface area (Å²) in [5.74, 6) is 0. The molecule has 12 heteroatoms. The molecule has 0 radical (unpaired) electrons. The monoisotopic (exact) mass is 521 g/mol. The summed E-state index contributed by atoms with van der Waals surface area (Å²) in [6, 6.07) is 3.15. The first-order valence-corrected chi connectivity index (χ1v) is 9.60. The van der Waals surface area contributed by atoms with E-state index in [2.05, 4.69) is 22.6 Å². The minimum Gasteiger partial charge on any atom is -0.397 e. The predicted molar refractivity (Wildman–Crippen MR) is 139 cm³/mol. The molecule has 0 bridgehead atoms. The van der Waals surface area contributed by atoms with Gasteiger partial charge in [0.2, 0.25) is 0 Å². The van der Waals surface area contributed by atoms with Gasteiger partial charge >= 0.3 is 0 Å². The Labute approximate surface area is 186 Å². The van der Waals surface area contributed by atoms with E-state index in [0.717, 1.165) is 0 Å². The topological polar surface area (TPSA) is 286 Å². The first kappa shape index (κ1) is 20.9. The van der Waals surface area contributed by atoms with Gasteiger partial charge < -0.3 is 63.1 Å². The van der Waals surface area contributed by atoms with Crippen molar-refractivity contribution in [1.29, 1.82) is 0 Å². The Morgan fingerprint density at radius 3 is 1.03 bits per heavy atom. The van der Waals surface area contributed by atoms with Gasteiger partial charge in [-0.05, 0) is 34.7 Å². The van der Waals surface area contributed by atoms with E-state index in [0.29, 0.717) is 25.8 Å². The zero-order chi connectivity index (χ0) is 22.7. The molecule has 0 saturated heterocycles. The van der Waals surface area contributed by atoms with Gasteiger partial charge in [0.05, 0.1) is 62.6 Å². The molecule has 3 aromatic rings. The highest BCUT2D eigenvalue weighted by Crippen LogP contribution is 2.51. The van der Waals surface area contributed by atoms with Crippen molar-refractivity contribution in [1.82, 2.24) is 0 Å². The van der Waals surface area contributed by atoms with Crippen molar-refractivity contribution in [3.63, 3.8) is 0 Å². The summed E-state index contributed by atoms with van der Waals surface area (Å²) >= 11 is 2.06. The Morgan fingerprint density at radius 2 is 0.700 bits per heavy atom. The lowest BCUT2D eigenvalue weighted by Crippen LogP contribution is -2.11. The largest absolute Gasteiger partial charge is 0.397 e. The number of nitrogen functional groups attached to an aromatic ring is 11. The minimum absolute atomic E-state index is 0.127. The van der Waals surface area contributed by atoms with Crippen LogP contribution in [0.1, 0.15) is 0 Å². The van der Waals surface area contributed by atoms with Crippen LogP contribution < -0.4 is 63.1 Å². The van der Waals surface area contributed by atoms with Crippen molar-refractivity contribution in [2.75, 3.05) is 63.1 Å². The molecule has 0 saturated carbocycles. The number of rotatable bonds is 2. The lowest BCUT2D eigenvalue weighted by Gasteiger charge is -2.23. The Hall–Kier alpha value is -3.81. The van der Waals surface area contributed by atoms with E-state index in [1.54, 1.807) is 12.1 Å². The summed E-state index contributed by atoms with van der Waals surface area (Å²) < 4.78 is 0.586. The van der Waals surface area contributed by atoms with Crippen molar-refractivity contribution in [3.8, 4) is 22.3 Å². The molecule has 0 unspecified atom stereocenters. The van der Waals surface area contributed by atoms with Crippen LogP contribution >= 0.6 is 22.6 Å².